The van der Waals surface area contributed by atoms with Crippen LogP contribution < -0.4 is 10.5 Å². The molecule has 0 aromatic heterocycles. The molecule has 20 heavy (non-hydrogen) atoms. The zero-order chi connectivity index (χ0) is 14.4. The molecule has 0 saturated carbocycles. The fourth-order valence-electron chi connectivity index (χ4n) is 2.26. The van der Waals surface area contributed by atoms with Crippen LogP contribution >= 0.6 is 11.8 Å². The molecule has 4 heteroatoms. The highest BCUT2D eigenvalue weighted by Crippen LogP contribution is 2.23. The predicted octanol–water partition coefficient (Wildman–Crippen LogP) is 3.39. The van der Waals surface area contributed by atoms with Crippen LogP contribution in [0.3, 0.4) is 0 Å². The van der Waals surface area contributed by atoms with E-state index in [4.69, 9.17) is 15.2 Å². The van der Waals surface area contributed by atoms with Gasteiger partial charge >= 0.3 is 0 Å². The SMILES string of the molecule is CC(C)Oc1ccc(C(N)CSCC2CCCO2)cc1. The quantitative estimate of drug-likeness (QED) is 0.837. The van der Waals surface area contributed by atoms with Crippen LogP contribution in [0.25, 0.3) is 0 Å². The summed E-state index contributed by atoms with van der Waals surface area (Å²) in [5, 5.41) is 0. The molecule has 1 aromatic carbocycles. The molecule has 2 N–H and O–H groups in total. The van der Waals surface area contributed by atoms with Crippen molar-refractivity contribution < 1.29 is 9.47 Å². The van der Waals surface area contributed by atoms with Crippen molar-refractivity contribution in [1.29, 1.82) is 0 Å². The number of hydrogen-bond acceptors (Lipinski definition) is 4. The zero-order valence-electron chi connectivity index (χ0n) is 12.4. The van der Waals surface area contributed by atoms with Crippen LogP contribution in [0.2, 0.25) is 0 Å². The van der Waals surface area contributed by atoms with Gasteiger partial charge in [0.05, 0.1) is 12.2 Å². The van der Waals surface area contributed by atoms with Crippen molar-refractivity contribution in [3.8, 4) is 5.75 Å². The Hall–Kier alpha value is -0.710. The molecule has 1 saturated heterocycles. The molecule has 1 aliphatic heterocycles. The third-order valence-corrected chi connectivity index (χ3v) is 4.51. The first-order chi connectivity index (χ1) is 9.65. The average molecular weight is 295 g/mol. The maximum Gasteiger partial charge on any atom is 0.119 e. The van der Waals surface area contributed by atoms with Gasteiger partial charge in [-0.3, -0.25) is 0 Å². The Balaban J connectivity index is 1.75. The van der Waals surface area contributed by atoms with Crippen molar-refractivity contribution in [1.82, 2.24) is 0 Å². The van der Waals surface area contributed by atoms with Crippen molar-refractivity contribution in [2.24, 2.45) is 5.73 Å². The third kappa shape index (κ3) is 5.00. The summed E-state index contributed by atoms with van der Waals surface area (Å²) in [5.74, 6) is 2.90. The maximum absolute atomic E-state index is 6.23. The highest BCUT2D eigenvalue weighted by Gasteiger charge is 2.16. The summed E-state index contributed by atoms with van der Waals surface area (Å²) in [6, 6.07) is 8.21. The third-order valence-electron chi connectivity index (χ3n) is 3.31. The standard InChI is InChI=1S/C16H25NO2S/c1-12(2)19-14-7-5-13(6-8-14)16(17)11-20-10-15-4-3-9-18-15/h5-8,12,15-16H,3-4,9-11,17H2,1-2H3. The van der Waals surface area contributed by atoms with E-state index in [1.54, 1.807) is 0 Å². The number of thioether (sulfide) groups is 1. The second-order valence-electron chi connectivity index (χ2n) is 5.51. The molecule has 2 atom stereocenters. The molecule has 0 amide bonds. The molecular formula is C16H25NO2S. The number of ether oxygens (including phenoxy) is 2. The fraction of sp³-hybridized carbons (Fsp3) is 0.625. The van der Waals surface area contributed by atoms with Crippen molar-refractivity contribution in [3.63, 3.8) is 0 Å². The monoisotopic (exact) mass is 295 g/mol. The molecule has 1 heterocycles. The van der Waals surface area contributed by atoms with Crippen LogP contribution in [0.4, 0.5) is 0 Å². The van der Waals surface area contributed by atoms with Gasteiger partial charge in [0.25, 0.3) is 0 Å². The minimum atomic E-state index is 0.0782. The van der Waals surface area contributed by atoms with Gasteiger partial charge < -0.3 is 15.2 Å². The zero-order valence-corrected chi connectivity index (χ0v) is 13.2. The first kappa shape index (κ1) is 15.7. The van der Waals surface area contributed by atoms with E-state index < -0.39 is 0 Å². The van der Waals surface area contributed by atoms with Gasteiger partial charge in [-0.15, -0.1) is 0 Å². The summed E-state index contributed by atoms with van der Waals surface area (Å²) < 4.78 is 11.2. The maximum atomic E-state index is 6.23. The van der Waals surface area contributed by atoms with E-state index in [-0.39, 0.29) is 12.1 Å². The van der Waals surface area contributed by atoms with E-state index >= 15 is 0 Å². The van der Waals surface area contributed by atoms with Gasteiger partial charge in [-0.05, 0) is 44.4 Å². The summed E-state index contributed by atoms with van der Waals surface area (Å²) >= 11 is 1.89. The Morgan fingerprint density at radius 1 is 1.35 bits per heavy atom. The predicted molar refractivity (Wildman–Crippen MR) is 85.4 cm³/mol. The molecule has 3 nitrogen and oxygen atoms in total. The van der Waals surface area contributed by atoms with Crippen molar-refractivity contribution >= 4 is 11.8 Å². The van der Waals surface area contributed by atoms with E-state index in [9.17, 15) is 0 Å². The second kappa shape index (κ2) is 7.91. The average Bonchev–Trinajstić information content (AvgIpc) is 2.92. The Kier molecular flexibility index (Phi) is 6.20. The van der Waals surface area contributed by atoms with E-state index in [2.05, 4.69) is 12.1 Å². The summed E-state index contributed by atoms with van der Waals surface area (Å²) in [6.07, 6.45) is 3.04. The molecule has 0 spiro atoms. The van der Waals surface area contributed by atoms with E-state index in [0.717, 1.165) is 23.9 Å². The summed E-state index contributed by atoms with van der Waals surface area (Å²) in [4.78, 5) is 0. The highest BCUT2D eigenvalue weighted by atomic mass is 32.2. The Labute approximate surface area is 126 Å². The molecule has 0 bridgehead atoms. The first-order valence-corrected chi connectivity index (χ1v) is 8.52. The number of hydrogen-bond donors (Lipinski definition) is 1. The molecule has 2 rings (SSSR count). The van der Waals surface area contributed by atoms with Crippen molar-refractivity contribution in [3.05, 3.63) is 29.8 Å². The van der Waals surface area contributed by atoms with Crippen LogP contribution in [-0.4, -0.2) is 30.3 Å². The van der Waals surface area contributed by atoms with Gasteiger partial charge in [-0.2, -0.15) is 11.8 Å². The lowest BCUT2D eigenvalue weighted by Gasteiger charge is -2.15. The minimum Gasteiger partial charge on any atom is -0.491 e. The van der Waals surface area contributed by atoms with E-state index in [1.807, 2.05) is 37.7 Å². The van der Waals surface area contributed by atoms with Crippen molar-refractivity contribution in [2.45, 2.75) is 44.9 Å². The smallest absolute Gasteiger partial charge is 0.119 e. The first-order valence-electron chi connectivity index (χ1n) is 7.36. The Morgan fingerprint density at radius 2 is 2.10 bits per heavy atom. The lowest BCUT2D eigenvalue weighted by Crippen LogP contribution is -2.16. The van der Waals surface area contributed by atoms with Crippen LogP contribution in [0.15, 0.2) is 24.3 Å². The topological polar surface area (TPSA) is 44.5 Å². The minimum absolute atomic E-state index is 0.0782. The van der Waals surface area contributed by atoms with Gasteiger partial charge in [-0.1, -0.05) is 12.1 Å². The molecule has 0 aliphatic carbocycles. The Bertz CT molecular complexity index is 388. The normalized spacial score (nSPS) is 20.3. The van der Waals surface area contributed by atoms with Crippen molar-refractivity contribution in [2.75, 3.05) is 18.1 Å². The molecule has 0 radical (unpaired) electrons. The number of benzene rings is 1. The van der Waals surface area contributed by atoms with Gasteiger partial charge in [0.15, 0.2) is 0 Å². The molecule has 2 unspecified atom stereocenters. The van der Waals surface area contributed by atoms with Gasteiger partial charge in [-0.25, -0.2) is 0 Å². The number of nitrogens with two attached hydrogens (primary N) is 1. The van der Waals surface area contributed by atoms with Gasteiger partial charge in [0, 0.05) is 24.2 Å². The van der Waals surface area contributed by atoms with Crippen LogP contribution in [0.5, 0.6) is 5.75 Å². The highest BCUT2D eigenvalue weighted by molar-refractivity contribution is 7.99. The summed E-state index contributed by atoms with van der Waals surface area (Å²) in [7, 11) is 0. The summed E-state index contributed by atoms with van der Waals surface area (Å²) in [5.41, 5.74) is 7.40. The largest absolute Gasteiger partial charge is 0.491 e. The van der Waals surface area contributed by atoms with E-state index in [0.29, 0.717) is 6.10 Å². The second-order valence-corrected chi connectivity index (χ2v) is 6.59. The molecule has 1 aromatic rings. The molecule has 1 aliphatic rings. The fourth-order valence-corrected chi connectivity index (χ4v) is 3.37. The van der Waals surface area contributed by atoms with Gasteiger partial charge in [0.1, 0.15) is 5.75 Å². The molecule has 112 valence electrons. The van der Waals surface area contributed by atoms with Crippen LogP contribution in [0.1, 0.15) is 38.3 Å². The molecular weight excluding hydrogens is 270 g/mol. The van der Waals surface area contributed by atoms with E-state index in [1.165, 1.54) is 18.4 Å². The lowest BCUT2D eigenvalue weighted by atomic mass is 10.1. The van der Waals surface area contributed by atoms with Crippen LogP contribution in [-0.2, 0) is 4.74 Å². The van der Waals surface area contributed by atoms with Gasteiger partial charge in [0.2, 0.25) is 0 Å². The molecule has 1 fully saturated rings. The lowest BCUT2D eigenvalue weighted by molar-refractivity contribution is 0.129. The van der Waals surface area contributed by atoms with Crippen LogP contribution in [0, 0.1) is 0 Å². The Morgan fingerprint density at radius 3 is 2.70 bits per heavy atom. The number of rotatable bonds is 7. The summed E-state index contributed by atoms with van der Waals surface area (Å²) in [6.45, 7) is 4.98.